The Balaban J connectivity index is 1.64. The molecule has 11 heteroatoms. The lowest BCUT2D eigenvalue weighted by molar-refractivity contribution is -0.150. The number of H-pyrrole nitrogens is 2. The van der Waals surface area contributed by atoms with Crippen molar-refractivity contribution < 1.29 is 31.8 Å². The van der Waals surface area contributed by atoms with Gasteiger partial charge in [0.05, 0.1) is 23.7 Å². The molecule has 0 fully saturated rings. The number of hydrogen-bond acceptors (Lipinski definition) is 4. The van der Waals surface area contributed by atoms with Gasteiger partial charge in [-0.2, -0.15) is 0 Å². The van der Waals surface area contributed by atoms with Crippen LogP contribution in [0.5, 0.6) is 0 Å². The van der Waals surface area contributed by atoms with Crippen LogP contribution in [0.4, 0.5) is 17.6 Å². The summed E-state index contributed by atoms with van der Waals surface area (Å²) in [5.74, 6) is -5.02. The van der Waals surface area contributed by atoms with Gasteiger partial charge in [-0.1, -0.05) is 0 Å². The van der Waals surface area contributed by atoms with E-state index < -0.39 is 47.1 Å². The molecule has 0 saturated carbocycles. The van der Waals surface area contributed by atoms with Gasteiger partial charge in [-0.3, -0.25) is 9.59 Å². The first-order valence-corrected chi connectivity index (χ1v) is 10.1. The predicted octanol–water partition coefficient (Wildman–Crippen LogP) is 4.05. The van der Waals surface area contributed by atoms with Gasteiger partial charge in [0.25, 0.3) is 11.5 Å². The van der Waals surface area contributed by atoms with Gasteiger partial charge in [-0.05, 0) is 29.7 Å². The molecular weight excluding hydrogens is 458 g/mol. The van der Waals surface area contributed by atoms with E-state index in [1.54, 1.807) is 0 Å². The van der Waals surface area contributed by atoms with Crippen molar-refractivity contribution in [2.24, 2.45) is 0 Å². The van der Waals surface area contributed by atoms with Crippen LogP contribution < -0.4 is 5.56 Å². The van der Waals surface area contributed by atoms with Crippen LogP contribution in [0.2, 0.25) is 0 Å². The van der Waals surface area contributed by atoms with Gasteiger partial charge < -0.3 is 24.3 Å². The van der Waals surface area contributed by atoms with Gasteiger partial charge in [0.2, 0.25) is 0 Å². The van der Waals surface area contributed by atoms with Crippen LogP contribution in [-0.2, 0) is 9.47 Å². The largest absolute Gasteiger partial charge is 0.350 e. The fourth-order valence-electron chi connectivity index (χ4n) is 4.31. The molecule has 0 radical (unpaired) electrons. The molecule has 2 aromatic carbocycles. The number of aromatic nitrogens is 2. The fraction of sp³-hybridized carbons (Fsp3) is 0.217. The molecule has 2 N–H and O–H groups in total. The second-order valence-corrected chi connectivity index (χ2v) is 7.96. The first-order valence-electron chi connectivity index (χ1n) is 10.1. The van der Waals surface area contributed by atoms with Gasteiger partial charge in [0, 0.05) is 36.7 Å². The standard InChI is InChI=1S/C23H17F4N3O4/c1-30(22(32)17-4-9-3-12(24)15(27)7-16(9)28-17)18-8-34-23(33-2)20-19(18)10-5-13(25)14(26)6-11(10)21(31)29-20/h3-7,18,23,28H,8H2,1-2H3,(H,29,31)/t18-,23+/m0/s1. The van der Waals surface area contributed by atoms with Crippen LogP contribution in [0.1, 0.15) is 34.1 Å². The van der Waals surface area contributed by atoms with E-state index in [-0.39, 0.29) is 34.3 Å². The number of nitrogens with zero attached hydrogens (tertiary/aromatic N) is 1. The average molecular weight is 475 g/mol. The number of benzene rings is 2. The van der Waals surface area contributed by atoms with Crippen molar-refractivity contribution in [1.82, 2.24) is 14.9 Å². The smallest absolute Gasteiger partial charge is 0.270 e. The van der Waals surface area contributed by atoms with E-state index in [1.165, 1.54) is 25.1 Å². The lowest BCUT2D eigenvalue weighted by atomic mass is 9.94. The number of rotatable bonds is 3. The number of pyridine rings is 1. The zero-order chi connectivity index (χ0) is 24.3. The van der Waals surface area contributed by atoms with Gasteiger partial charge in [0.1, 0.15) is 5.69 Å². The summed E-state index contributed by atoms with van der Waals surface area (Å²) in [6, 6.07) is 4.14. The van der Waals surface area contributed by atoms with Crippen molar-refractivity contribution in [1.29, 1.82) is 0 Å². The Hall–Kier alpha value is -3.70. The number of nitrogens with one attached hydrogen (secondary N) is 2. The Morgan fingerprint density at radius 1 is 1.00 bits per heavy atom. The minimum Gasteiger partial charge on any atom is -0.350 e. The first kappa shape index (κ1) is 22.1. The Bertz CT molecular complexity index is 1490. The Labute approximate surface area is 188 Å². The summed E-state index contributed by atoms with van der Waals surface area (Å²) >= 11 is 0. The number of fused-ring (bicyclic) bond motifs is 4. The number of halogens is 4. The highest BCUT2D eigenvalue weighted by atomic mass is 19.2. The van der Waals surface area contributed by atoms with Crippen molar-refractivity contribution in [3.63, 3.8) is 0 Å². The summed E-state index contributed by atoms with van der Waals surface area (Å²) in [5, 5.41) is 0.299. The molecule has 3 heterocycles. The third kappa shape index (κ3) is 3.35. The zero-order valence-corrected chi connectivity index (χ0v) is 17.8. The molecule has 5 rings (SSSR count). The number of likely N-dealkylation sites (N-methyl/N-ethyl adjacent to an activating group) is 1. The van der Waals surface area contributed by atoms with Crippen LogP contribution in [0.15, 0.2) is 35.1 Å². The molecule has 0 bridgehead atoms. The molecule has 34 heavy (non-hydrogen) atoms. The van der Waals surface area contributed by atoms with E-state index in [2.05, 4.69) is 9.97 Å². The minimum atomic E-state index is -1.19. The minimum absolute atomic E-state index is 0.0453. The van der Waals surface area contributed by atoms with Gasteiger partial charge in [-0.15, -0.1) is 0 Å². The average Bonchev–Trinajstić information content (AvgIpc) is 3.21. The van der Waals surface area contributed by atoms with E-state index >= 15 is 0 Å². The second kappa shape index (κ2) is 7.96. The summed E-state index contributed by atoms with van der Waals surface area (Å²) in [6.07, 6.45) is -1.00. The van der Waals surface area contributed by atoms with E-state index in [0.29, 0.717) is 10.9 Å². The Morgan fingerprint density at radius 3 is 2.35 bits per heavy atom. The van der Waals surface area contributed by atoms with Crippen LogP contribution >= 0.6 is 0 Å². The van der Waals surface area contributed by atoms with Crippen LogP contribution in [-0.4, -0.2) is 41.5 Å². The maximum Gasteiger partial charge on any atom is 0.270 e. The molecule has 0 unspecified atom stereocenters. The maximum atomic E-state index is 14.2. The molecular formula is C23H17F4N3O4. The maximum absolute atomic E-state index is 14.2. The van der Waals surface area contributed by atoms with Crippen molar-refractivity contribution >= 4 is 27.6 Å². The Morgan fingerprint density at radius 2 is 1.65 bits per heavy atom. The predicted molar refractivity (Wildman–Crippen MR) is 113 cm³/mol. The molecule has 1 aliphatic rings. The van der Waals surface area contributed by atoms with E-state index in [9.17, 15) is 27.2 Å². The first-order chi connectivity index (χ1) is 16.2. The number of carbonyl (C=O) groups excluding carboxylic acids is 1. The normalized spacial score (nSPS) is 17.8. The monoisotopic (exact) mass is 475 g/mol. The van der Waals surface area contributed by atoms with Crippen molar-refractivity contribution in [2.75, 3.05) is 20.8 Å². The summed E-state index contributed by atoms with van der Waals surface area (Å²) in [4.78, 5) is 32.5. The number of hydrogen-bond donors (Lipinski definition) is 2. The SMILES string of the molecule is CO[C@@H]1OC[C@H](N(C)C(=O)c2cc3cc(F)c(F)cc3[nH]2)c2c1[nH]c(=O)c1cc(F)c(F)cc21. The lowest BCUT2D eigenvalue weighted by Gasteiger charge is -2.36. The summed E-state index contributed by atoms with van der Waals surface area (Å²) < 4.78 is 66.1. The van der Waals surface area contributed by atoms with Crippen molar-refractivity contribution in [2.45, 2.75) is 12.3 Å². The number of carbonyl (C=O) groups is 1. The quantitative estimate of drug-likeness (QED) is 0.438. The summed E-state index contributed by atoms with van der Waals surface area (Å²) in [6.45, 7) is -0.0859. The molecule has 1 amide bonds. The molecule has 2 aromatic heterocycles. The van der Waals surface area contributed by atoms with Gasteiger partial charge in [-0.25, -0.2) is 17.6 Å². The highest BCUT2D eigenvalue weighted by Crippen LogP contribution is 2.39. The molecule has 0 spiro atoms. The van der Waals surface area contributed by atoms with E-state index in [4.69, 9.17) is 9.47 Å². The third-order valence-electron chi connectivity index (χ3n) is 6.00. The molecule has 4 aromatic rings. The highest BCUT2D eigenvalue weighted by Gasteiger charge is 2.36. The molecule has 176 valence electrons. The van der Waals surface area contributed by atoms with E-state index in [1.807, 2.05) is 0 Å². The number of aromatic amines is 2. The summed E-state index contributed by atoms with van der Waals surface area (Å²) in [7, 11) is 2.80. The molecule has 2 atom stereocenters. The number of amides is 1. The molecule has 0 saturated heterocycles. The molecule has 1 aliphatic heterocycles. The molecule has 7 nitrogen and oxygen atoms in total. The zero-order valence-electron chi connectivity index (χ0n) is 17.8. The van der Waals surface area contributed by atoms with Crippen molar-refractivity contribution in [3.8, 4) is 0 Å². The van der Waals surface area contributed by atoms with Crippen molar-refractivity contribution in [3.05, 3.63) is 80.9 Å². The topological polar surface area (TPSA) is 87.4 Å². The Kier molecular flexibility index (Phi) is 5.18. The van der Waals surface area contributed by atoms with Gasteiger partial charge in [0.15, 0.2) is 29.6 Å². The summed E-state index contributed by atoms with van der Waals surface area (Å²) in [5.41, 5.74) is 0.0949. The fourth-order valence-corrected chi connectivity index (χ4v) is 4.31. The van der Waals surface area contributed by atoms with E-state index in [0.717, 1.165) is 24.3 Å². The van der Waals surface area contributed by atoms with Crippen LogP contribution in [0, 0.1) is 23.3 Å². The highest BCUT2D eigenvalue weighted by molar-refractivity contribution is 5.98. The number of methoxy groups -OCH3 is 1. The van der Waals surface area contributed by atoms with Gasteiger partial charge >= 0.3 is 0 Å². The van der Waals surface area contributed by atoms with Crippen LogP contribution in [0.25, 0.3) is 21.7 Å². The number of ether oxygens (including phenoxy) is 2. The second-order valence-electron chi connectivity index (χ2n) is 7.96. The lowest BCUT2D eigenvalue weighted by Crippen LogP contribution is -2.39. The third-order valence-corrected chi connectivity index (χ3v) is 6.00. The molecule has 0 aliphatic carbocycles. The van der Waals surface area contributed by atoms with Crippen LogP contribution in [0.3, 0.4) is 0 Å².